The molecule has 0 aliphatic carbocycles. The number of methoxy groups -OCH3 is 1. The van der Waals surface area contributed by atoms with E-state index in [2.05, 4.69) is 0 Å². The third-order valence-electron chi connectivity index (χ3n) is 2.69. The quantitative estimate of drug-likeness (QED) is 0.885. The first-order chi connectivity index (χ1) is 8.04. The summed E-state index contributed by atoms with van der Waals surface area (Å²) in [5, 5.41) is 9.70. The van der Waals surface area contributed by atoms with Crippen molar-refractivity contribution < 1.29 is 19.1 Å². The summed E-state index contributed by atoms with van der Waals surface area (Å²) in [5.41, 5.74) is 0.729. The number of hydrogen-bond donors (Lipinski definition) is 1. The molecule has 0 saturated heterocycles. The second kappa shape index (κ2) is 4.13. The molecule has 4 heteroatoms. The van der Waals surface area contributed by atoms with Gasteiger partial charge in [0, 0.05) is 11.3 Å². The molecule has 2 aromatic rings. The Kier molecular flexibility index (Phi) is 2.79. The van der Waals surface area contributed by atoms with Gasteiger partial charge in [0.1, 0.15) is 5.76 Å². The van der Waals surface area contributed by atoms with Crippen molar-refractivity contribution in [1.29, 1.82) is 0 Å². The van der Waals surface area contributed by atoms with E-state index in [1.165, 1.54) is 13.2 Å². The molecule has 1 heterocycles. The van der Waals surface area contributed by atoms with Crippen molar-refractivity contribution in [2.24, 2.45) is 0 Å². The van der Waals surface area contributed by atoms with Crippen molar-refractivity contribution in [1.82, 2.24) is 0 Å². The molecule has 1 N–H and O–H groups in total. The first-order valence-corrected chi connectivity index (χ1v) is 5.38. The van der Waals surface area contributed by atoms with E-state index >= 15 is 0 Å². The summed E-state index contributed by atoms with van der Waals surface area (Å²) in [6.07, 6.45) is 0. The van der Waals surface area contributed by atoms with Crippen molar-refractivity contribution in [3.05, 3.63) is 29.5 Å². The number of fused-ring (bicyclic) bond motifs is 1. The zero-order valence-electron chi connectivity index (χ0n) is 9.98. The Morgan fingerprint density at radius 1 is 1.41 bits per heavy atom. The topological polar surface area (TPSA) is 59.7 Å². The Labute approximate surface area is 98.8 Å². The zero-order valence-corrected chi connectivity index (χ0v) is 9.98. The maximum absolute atomic E-state index is 11.1. The number of ether oxygens (including phenoxy) is 1. The lowest BCUT2D eigenvalue weighted by Gasteiger charge is -2.02. The normalized spacial score (nSPS) is 11.1. The molecular formula is C13H14O4. The molecular weight excluding hydrogens is 220 g/mol. The molecule has 0 aliphatic heterocycles. The lowest BCUT2D eigenvalue weighted by molar-refractivity contribution is 0.0699. The van der Waals surface area contributed by atoms with Crippen LogP contribution in [0.3, 0.4) is 0 Å². The van der Waals surface area contributed by atoms with E-state index < -0.39 is 5.97 Å². The maximum atomic E-state index is 11.1. The monoisotopic (exact) mass is 234 g/mol. The lowest BCUT2D eigenvalue weighted by Crippen LogP contribution is -1.97. The third kappa shape index (κ3) is 1.86. The number of carbonyl (C=O) groups is 1. The molecule has 0 fully saturated rings. The minimum atomic E-state index is -0.964. The molecule has 0 atom stereocenters. The number of rotatable bonds is 3. The molecule has 1 aromatic heterocycles. The van der Waals surface area contributed by atoms with Crippen molar-refractivity contribution in [2.45, 2.75) is 19.8 Å². The standard InChI is InChI=1S/C13H14O4/c1-7(2)11-6-9-8(13(14)15)4-5-10(16-3)12(9)17-11/h4-7H,1-3H3,(H,14,15). The van der Waals surface area contributed by atoms with Gasteiger partial charge in [0.05, 0.1) is 12.7 Å². The van der Waals surface area contributed by atoms with E-state index in [0.29, 0.717) is 16.7 Å². The smallest absolute Gasteiger partial charge is 0.336 e. The molecule has 0 radical (unpaired) electrons. The molecule has 0 unspecified atom stereocenters. The summed E-state index contributed by atoms with van der Waals surface area (Å²) in [5.74, 6) is 0.548. The van der Waals surface area contributed by atoms with Crippen LogP contribution in [-0.4, -0.2) is 18.2 Å². The van der Waals surface area contributed by atoms with Gasteiger partial charge in [0.15, 0.2) is 11.3 Å². The number of hydrogen-bond acceptors (Lipinski definition) is 3. The van der Waals surface area contributed by atoms with Crippen molar-refractivity contribution in [2.75, 3.05) is 7.11 Å². The highest BCUT2D eigenvalue weighted by Crippen LogP contribution is 2.33. The van der Waals surface area contributed by atoms with Crippen LogP contribution in [0.1, 0.15) is 35.9 Å². The molecule has 90 valence electrons. The molecule has 0 amide bonds. The van der Waals surface area contributed by atoms with Gasteiger partial charge >= 0.3 is 5.97 Å². The first kappa shape index (κ1) is 11.5. The van der Waals surface area contributed by atoms with Crippen LogP contribution in [0, 0.1) is 0 Å². The Bertz CT molecular complexity index is 566. The molecule has 0 bridgehead atoms. The Morgan fingerprint density at radius 3 is 2.65 bits per heavy atom. The van der Waals surface area contributed by atoms with Gasteiger partial charge < -0.3 is 14.3 Å². The van der Waals surface area contributed by atoms with E-state index in [1.54, 1.807) is 12.1 Å². The molecule has 17 heavy (non-hydrogen) atoms. The fourth-order valence-electron chi connectivity index (χ4n) is 1.75. The summed E-state index contributed by atoms with van der Waals surface area (Å²) in [7, 11) is 1.53. The van der Waals surface area contributed by atoms with Crippen LogP contribution < -0.4 is 4.74 Å². The number of carboxylic acids is 1. The fraction of sp³-hybridized carbons (Fsp3) is 0.308. The third-order valence-corrected chi connectivity index (χ3v) is 2.69. The Balaban J connectivity index is 2.76. The Hall–Kier alpha value is -1.97. The van der Waals surface area contributed by atoms with Gasteiger partial charge in [-0.1, -0.05) is 13.8 Å². The van der Waals surface area contributed by atoms with E-state index in [0.717, 1.165) is 5.76 Å². The van der Waals surface area contributed by atoms with Gasteiger partial charge in [-0.2, -0.15) is 0 Å². The average Bonchev–Trinajstić information content (AvgIpc) is 2.71. The van der Waals surface area contributed by atoms with Crippen molar-refractivity contribution in [3.8, 4) is 5.75 Å². The predicted molar refractivity (Wildman–Crippen MR) is 63.8 cm³/mol. The summed E-state index contributed by atoms with van der Waals surface area (Å²) in [6, 6.07) is 4.91. The zero-order chi connectivity index (χ0) is 12.6. The van der Waals surface area contributed by atoms with Gasteiger partial charge in [-0.05, 0) is 18.2 Å². The molecule has 0 aliphatic rings. The highest BCUT2D eigenvalue weighted by molar-refractivity contribution is 6.04. The minimum absolute atomic E-state index is 0.203. The number of benzene rings is 1. The average molecular weight is 234 g/mol. The second-order valence-corrected chi connectivity index (χ2v) is 4.17. The highest BCUT2D eigenvalue weighted by Gasteiger charge is 2.17. The van der Waals surface area contributed by atoms with Crippen LogP contribution in [-0.2, 0) is 0 Å². The summed E-state index contributed by atoms with van der Waals surface area (Å²) in [4.78, 5) is 11.1. The van der Waals surface area contributed by atoms with Crippen LogP contribution >= 0.6 is 0 Å². The van der Waals surface area contributed by atoms with Crippen LogP contribution in [0.5, 0.6) is 5.75 Å². The maximum Gasteiger partial charge on any atom is 0.336 e. The van der Waals surface area contributed by atoms with Gasteiger partial charge in [-0.3, -0.25) is 0 Å². The fourth-order valence-corrected chi connectivity index (χ4v) is 1.75. The SMILES string of the molecule is COc1ccc(C(=O)O)c2cc(C(C)C)oc12. The van der Waals surface area contributed by atoms with Crippen molar-refractivity contribution >= 4 is 16.9 Å². The largest absolute Gasteiger partial charge is 0.493 e. The number of furan rings is 1. The van der Waals surface area contributed by atoms with E-state index in [1.807, 2.05) is 13.8 Å². The number of aromatic carboxylic acids is 1. The number of carboxylic acid groups (broad SMARTS) is 1. The summed E-state index contributed by atoms with van der Waals surface area (Å²) >= 11 is 0. The second-order valence-electron chi connectivity index (χ2n) is 4.17. The highest BCUT2D eigenvalue weighted by atomic mass is 16.5. The minimum Gasteiger partial charge on any atom is -0.493 e. The van der Waals surface area contributed by atoms with E-state index in [9.17, 15) is 4.79 Å². The van der Waals surface area contributed by atoms with Gasteiger partial charge in [0.2, 0.25) is 0 Å². The van der Waals surface area contributed by atoms with Gasteiger partial charge in [0.25, 0.3) is 0 Å². The van der Waals surface area contributed by atoms with Crippen LogP contribution in [0.2, 0.25) is 0 Å². The molecule has 0 spiro atoms. The van der Waals surface area contributed by atoms with Crippen LogP contribution in [0.25, 0.3) is 11.0 Å². The molecule has 2 rings (SSSR count). The van der Waals surface area contributed by atoms with Crippen molar-refractivity contribution in [3.63, 3.8) is 0 Å². The van der Waals surface area contributed by atoms with Crippen LogP contribution in [0.4, 0.5) is 0 Å². The van der Waals surface area contributed by atoms with Crippen LogP contribution in [0.15, 0.2) is 22.6 Å². The summed E-state index contributed by atoms with van der Waals surface area (Å²) in [6.45, 7) is 3.98. The Morgan fingerprint density at radius 2 is 2.12 bits per heavy atom. The van der Waals surface area contributed by atoms with Gasteiger partial charge in [-0.15, -0.1) is 0 Å². The lowest BCUT2D eigenvalue weighted by atomic mass is 10.1. The molecule has 4 nitrogen and oxygen atoms in total. The summed E-state index contributed by atoms with van der Waals surface area (Å²) < 4.78 is 10.8. The molecule has 1 aromatic carbocycles. The first-order valence-electron chi connectivity index (χ1n) is 5.38. The van der Waals surface area contributed by atoms with E-state index in [-0.39, 0.29) is 11.5 Å². The molecule has 0 saturated carbocycles. The van der Waals surface area contributed by atoms with Gasteiger partial charge in [-0.25, -0.2) is 4.79 Å². The predicted octanol–water partition coefficient (Wildman–Crippen LogP) is 3.26. The van der Waals surface area contributed by atoms with E-state index in [4.69, 9.17) is 14.3 Å².